The molecule has 0 aromatic rings. The molecule has 0 saturated heterocycles. The third-order valence-electron chi connectivity index (χ3n) is 2.49. The van der Waals surface area contributed by atoms with Crippen molar-refractivity contribution >= 4 is 0 Å². The maximum Gasteiger partial charge on any atom is 0.248 e. The van der Waals surface area contributed by atoms with Gasteiger partial charge in [-0.3, -0.25) is 0 Å². The smallest absolute Gasteiger partial charge is 0.248 e. The summed E-state index contributed by atoms with van der Waals surface area (Å²) in [6.45, 7) is 3.51. The zero-order chi connectivity index (χ0) is 9.19. The molecule has 1 rings (SSSR count). The molecule has 0 spiro atoms. The highest BCUT2D eigenvalue weighted by molar-refractivity contribution is 4.92. The molecule has 2 atom stereocenters. The average Bonchev–Trinajstić information content (AvgIpc) is 2.01. The topological polar surface area (TPSA) is 26.0 Å². The molecule has 0 radical (unpaired) electrons. The Kier molecular flexibility index (Phi) is 2.83. The highest BCUT2D eigenvalue weighted by atomic mass is 19.3. The lowest BCUT2D eigenvalue weighted by atomic mass is 9.82. The fraction of sp³-hybridized carbons (Fsp3) is 0.778. The van der Waals surface area contributed by atoms with E-state index in [0.717, 1.165) is 6.42 Å². The molecule has 0 amide bonds. The Balaban J connectivity index is 2.51. The quantitative estimate of drug-likeness (QED) is 0.640. The van der Waals surface area contributed by atoms with Crippen LogP contribution in [0.5, 0.6) is 0 Å². The number of hydrogen-bond acceptors (Lipinski definition) is 1. The molecule has 1 nitrogen and oxygen atoms in total. The molecule has 2 unspecified atom stereocenters. The van der Waals surface area contributed by atoms with Crippen LogP contribution >= 0.6 is 0 Å². The first-order valence-corrected chi connectivity index (χ1v) is 4.31. The van der Waals surface area contributed by atoms with Gasteiger partial charge < -0.3 is 5.73 Å². The molecule has 1 aliphatic rings. The molecule has 12 heavy (non-hydrogen) atoms. The average molecular weight is 175 g/mol. The molecule has 0 heterocycles. The van der Waals surface area contributed by atoms with Gasteiger partial charge in [-0.1, -0.05) is 6.08 Å². The predicted molar refractivity (Wildman–Crippen MR) is 45.1 cm³/mol. The summed E-state index contributed by atoms with van der Waals surface area (Å²) < 4.78 is 25.7. The molecule has 1 aliphatic carbocycles. The maximum atomic E-state index is 12.9. The third-order valence-corrected chi connectivity index (χ3v) is 2.49. The van der Waals surface area contributed by atoms with Gasteiger partial charge >= 0.3 is 0 Å². The first kappa shape index (κ1) is 9.65. The molecule has 2 N–H and O–H groups in total. The summed E-state index contributed by atoms with van der Waals surface area (Å²) in [5, 5.41) is 0. The van der Waals surface area contributed by atoms with Crippen molar-refractivity contribution in [3.05, 3.63) is 12.7 Å². The van der Waals surface area contributed by atoms with E-state index in [1.807, 2.05) is 0 Å². The van der Waals surface area contributed by atoms with Gasteiger partial charge in [-0.15, -0.1) is 6.58 Å². The van der Waals surface area contributed by atoms with Gasteiger partial charge in [-0.25, -0.2) is 8.78 Å². The molecule has 0 aliphatic heterocycles. The number of hydrogen-bond donors (Lipinski definition) is 1. The molecule has 0 bridgehead atoms. The van der Waals surface area contributed by atoms with Crippen LogP contribution < -0.4 is 5.73 Å². The predicted octanol–water partition coefficient (Wildman–Crippen LogP) is 2.33. The second-order valence-corrected chi connectivity index (χ2v) is 3.53. The Bertz CT molecular complexity index is 168. The molecule has 3 heteroatoms. The summed E-state index contributed by atoms with van der Waals surface area (Å²) in [6, 6.07) is -0.267. The molecule has 1 saturated carbocycles. The van der Waals surface area contributed by atoms with E-state index in [1.54, 1.807) is 6.08 Å². The molecule has 70 valence electrons. The fourth-order valence-electron chi connectivity index (χ4n) is 1.73. The van der Waals surface area contributed by atoms with E-state index in [-0.39, 0.29) is 24.8 Å². The van der Waals surface area contributed by atoms with Crippen LogP contribution in [0.3, 0.4) is 0 Å². The van der Waals surface area contributed by atoms with Crippen molar-refractivity contribution in [2.75, 3.05) is 0 Å². The highest BCUT2D eigenvalue weighted by Gasteiger charge is 2.37. The second-order valence-electron chi connectivity index (χ2n) is 3.53. The van der Waals surface area contributed by atoms with Crippen molar-refractivity contribution < 1.29 is 8.78 Å². The van der Waals surface area contributed by atoms with Crippen molar-refractivity contribution in [3.8, 4) is 0 Å². The minimum absolute atomic E-state index is 0.0212. The van der Waals surface area contributed by atoms with Gasteiger partial charge in [0.05, 0.1) is 0 Å². The van der Waals surface area contributed by atoms with Crippen molar-refractivity contribution in [1.82, 2.24) is 0 Å². The SMILES string of the molecule is C=CC(N)C1CCCC(F)(F)C1. The minimum Gasteiger partial charge on any atom is -0.324 e. The number of alkyl halides is 2. The summed E-state index contributed by atoms with van der Waals surface area (Å²) in [7, 11) is 0. The van der Waals surface area contributed by atoms with Gasteiger partial charge in [0.2, 0.25) is 5.92 Å². The van der Waals surface area contributed by atoms with Crippen molar-refractivity contribution in [3.63, 3.8) is 0 Å². The Morgan fingerprint density at radius 1 is 1.58 bits per heavy atom. The van der Waals surface area contributed by atoms with E-state index in [1.165, 1.54) is 0 Å². The molecule has 0 aromatic heterocycles. The van der Waals surface area contributed by atoms with Gasteiger partial charge in [-0.05, 0) is 18.8 Å². The number of rotatable bonds is 2. The summed E-state index contributed by atoms with van der Waals surface area (Å²) >= 11 is 0. The van der Waals surface area contributed by atoms with Gasteiger partial charge in [0.1, 0.15) is 0 Å². The van der Waals surface area contributed by atoms with E-state index >= 15 is 0 Å². The van der Waals surface area contributed by atoms with Crippen LogP contribution in [-0.2, 0) is 0 Å². The third kappa shape index (κ3) is 2.27. The first-order valence-electron chi connectivity index (χ1n) is 4.31. The van der Waals surface area contributed by atoms with Crippen molar-refractivity contribution in [1.29, 1.82) is 0 Å². The zero-order valence-corrected chi connectivity index (χ0v) is 7.10. The highest BCUT2D eigenvalue weighted by Crippen LogP contribution is 2.37. The van der Waals surface area contributed by atoms with E-state index in [0.29, 0.717) is 6.42 Å². The van der Waals surface area contributed by atoms with Crippen LogP contribution in [0, 0.1) is 5.92 Å². The number of halogens is 2. The number of nitrogens with two attached hydrogens (primary N) is 1. The van der Waals surface area contributed by atoms with E-state index in [9.17, 15) is 8.78 Å². The van der Waals surface area contributed by atoms with Crippen LogP contribution in [0.15, 0.2) is 12.7 Å². The van der Waals surface area contributed by atoms with Crippen LogP contribution in [-0.4, -0.2) is 12.0 Å². The standard InChI is InChI=1S/C9H15F2N/c1-2-8(12)7-4-3-5-9(10,11)6-7/h2,7-8H,1,3-6,12H2. The van der Waals surface area contributed by atoms with Gasteiger partial charge in [-0.2, -0.15) is 0 Å². The zero-order valence-electron chi connectivity index (χ0n) is 7.10. The van der Waals surface area contributed by atoms with Crippen LogP contribution in [0.2, 0.25) is 0 Å². The molecular formula is C9H15F2N. The molecular weight excluding hydrogens is 160 g/mol. The molecule has 0 aromatic carbocycles. The lowest BCUT2D eigenvalue weighted by molar-refractivity contribution is -0.0540. The van der Waals surface area contributed by atoms with Gasteiger partial charge in [0.25, 0.3) is 0 Å². The Morgan fingerprint density at radius 2 is 2.25 bits per heavy atom. The first-order chi connectivity index (χ1) is 5.55. The monoisotopic (exact) mass is 175 g/mol. The van der Waals surface area contributed by atoms with Gasteiger partial charge in [0.15, 0.2) is 0 Å². The summed E-state index contributed by atoms with van der Waals surface area (Å²) in [5.41, 5.74) is 5.62. The largest absolute Gasteiger partial charge is 0.324 e. The minimum atomic E-state index is -2.50. The van der Waals surface area contributed by atoms with E-state index in [4.69, 9.17) is 5.73 Å². The Hall–Kier alpha value is -0.440. The van der Waals surface area contributed by atoms with Gasteiger partial charge in [0, 0.05) is 18.9 Å². The lowest BCUT2D eigenvalue weighted by Crippen LogP contribution is -2.36. The second kappa shape index (κ2) is 3.52. The normalized spacial score (nSPS) is 31.1. The van der Waals surface area contributed by atoms with E-state index in [2.05, 4.69) is 6.58 Å². The fourth-order valence-corrected chi connectivity index (χ4v) is 1.73. The maximum absolute atomic E-state index is 12.9. The van der Waals surface area contributed by atoms with Crippen LogP contribution in [0.25, 0.3) is 0 Å². The Morgan fingerprint density at radius 3 is 2.75 bits per heavy atom. The lowest BCUT2D eigenvalue weighted by Gasteiger charge is -2.31. The molecule has 1 fully saturated rings. The van der Waals surface area contributed by atoms with Crippen molar-refractivity contribution in [2.24, 2.45) is 11.7 Å². The Labute approximate surface area is 71.6 Å². The summed E-state index contributed by atoms with van der Waals surface area (Å²) in [4.78, 5) is 0. The van der Waals surface area contributed by atoms with Crippen LogP contribution in [0.4, 0.5) is 8.78 Å². The summed E-state index contributed by atoms with van der Waals surface area (Å²) in [5.74, 6) is -2.57. The summed E-state index contributed by atoms with van der Waals surface area (Å²) in [6.07, 6.45) is 2.90. The van der Waals surface area contributed by atoms with E-state index < -0.39 is 5.92 Å². The van der Waals surface area contributed by atoms with Crippen molar-refractivity contribution in [2.45, 2.75) is 37.6 Å². The van der Waals surface area contributed by atoms with Crippen LogP contribution in [0.1, 0.15) is 25.7 Å².